The van der Waals surface area contributed by atoms with Crippen LogP contribution in [0.1, 0.15) is 16.7 Å². The fourth-order valence-corrected chi connectivity index (χ4v) is 1.59. The lowest BCUT2D eigenvalue weighted by atomic mass is 10.1. The van der Waals surface area contributed by atoms with Crippen molar-refractivity contribution in [1.82, 2.24) is 0 Å². The zero-order valence-corrected chi connectivity index (χ0v) is 9.45. The maximum Gasteiger partial charge on any atom is 0.130 e. The van der Waals surface area contributed by atoms with Gasteiger partial charge in [-0.15, -0.1) is 0 Å². The Labute approximate surface area is 99.2 Å². The van der Waals surface area contributed by atoms with Gasteiger partial charge in [0.05, 0.1) is 0 Å². The smallest absolute Gasteiger partial charge is 0.130 e. The minimum Gasteiger partial charge on any atom is -0.207 e. The van der Waals surface area contributed by atoms with E-state index in [4.69, 9.17) is 0 Å². The van der Waals surface area contributed by atoms with Crippen LogP contribution in [0.4, 0.5) is 8.78 Å². The van der Waals surface area contributed by atoms with Gasteiger partial charge in [0.1, 0.15) is 11.6 Å². The fraction of sp³-hybridized carbons (Fsp3) is 0.0667. The molecule has 0 radical (unpaired) electrons. The summed E-state index contributed by atoms with van der Waals surface area (Å²) < 4.78 is 26.4. The molecule has 0 bridgehead atoms. The van der Waals surface area contributed by atoms with Gasteiger partial charge in [-0.3, -0.25) is 0 Å². The van der Waals surface area contributed by atoms with Gasteiger partial charge < -0.3 is 0 Å². The molecule has 0 aliphatic rings. The summed E-state index contributed by atoms with van der Waals surface area (Å²) >= 11 is 0. The number of benzene rings is 2. The highest BCUT2D eigenvalue weighted by Gasteiger charge is 1.98. The van der Waals surface area contributed by atoms with Crippen molar-refractivity contribution in [1.29, 1.82) is 0 Å². The summed E-state index contributed by atoms with van der Waals surface area (Å²) in [4.78, 5) is 0. The van der Waals surface area contributed by atoms with E-state index in [-0.39, 0.29) is 11.6 Å². The molecule has 0 N–H and O–H groups in total. The van der Waals surface area contributed by atoms with E-state index in [1.807, 2.05) is 6.92 Å². The van der Waals surface area contributed by atoms with E-state index in [1.54, 1.807) is 36.4 Å². The number of rotatable bonds is 2. The quantitative estimate of drug-likeness (QED) is 0.669. The summed E-state index contributed by atoms with van der Waals surface area (Å²) in [6.45, 7) is 1.90. The molecule has 0 unspecified atom stereocenters. The second-order valence-electron chi connectivity index (χ2n) is 3.91. The van der Waals surface area contributed by atoms with Crippen molar-refractivity contribution in [2.24, 2.45) is 0 Å². The second kappa shape index (κ2) is 4.91. The third kappa shape index (κ3) is 3.00. The van der Waals surface area contributed by atoms with Crippen LogP contribution in [0.3, 0.4) is 0 Å². The van der Waals surface area contributed by atoms with Crippen molar-refractivity contribution in [2.75, 3.05) is 0 Å². The normalized spacial score (nSPS) is 11.0. The number of halogens is 2. The first-order valence-corrected chi connectivity index (χ1v) is 5.35. The Balaban J connectivity index is 2.29. The first-order chi connectivity index (χ1) is 8.15. The number of hydrogen-bond donors (Lipinski definition) is 0. The lowest BCUT2D eigenvalue weighted by Gasteiger charge is -1.99. The van der Waals surface area contributed by atoms with Gasteiger partial charge in [0, 0.05) is 5.56 Å². The maximum absolute atomic E-state index is 13.4. The summed E-state index contributed by atoms with van der Waals surface area (Å²) in [6, 6.07) is 11.1. The van der Waals surface area contributed by atoms with Crippen LogP contribution in [0.5, 0.6) is 0 Å². The van der Waals surface area contributed by atoms with E-state index in [1.165, 1.54) is 18.2 Å². The first-order valence-electron chi connectivity index (χ1n) is 5.35. The molecule has 0 fully saturated rings. The molecular weight excluding hydrogens is 218 g/mol. The molecule has 0 saturated heterocycles. The average molecular weight is 230 g/mol. The molecule has 0 saturated carbocycles. The summed E-state index contributed by atoms with van der Waals surface area (Å²) in [5, 5.41) is 0. The zero-order chi connectivity index (χ0) is 12.3. The largest absolute Gasteiger partial charge is 0.207 e. The predicted octanol–water partition coefficient (Wildman–Crippen LogP) is 4.44. The number of hydrogen-bond acceptors (Lipinski definition) is 0. The third-order valence-electron chi connectivity index (χ3n) is 2.46. The fourth-order valence-electron chi connectivity index (χ4n) is 1.59. The molecule has 0 aliphatic carbocycles. The van der Waals surface area contributed by atoms with Crippen LogP contribution in [-0.4, -0.2) is 0 Å². The molecule has 0 aliphatic heterocycles. The van der Waals surface area contributed by atoms with Crippen LogP contribution in [0.25, 0.3) is 12.2 Å². The van der Waals surface area contributed by atoms with E-state index in [9.17, 15) is 8.78 Å². The highest BCUT2D eigenvalue weighted by Crippen LogP contribution is 2.14. The molecule has 0 aromatic heterocycles. The van der Waals surface area contributed by atoms with Gasteiger partial charge in [-0.05, 0) is 36.8 Å². The van der Waals surface area contributed by atoms with E-state index >= 15 is 0 Å². The molecule has 17 heavy (non-hydrogen) atoms. The van der Waals surface area contributed by atoms with E-state index in [0.29, 0.717) is 11.1 Å². The SMILES string of the molecule is Cc1ccc(F)c(/C=C/c2cccc(F)c2)c1. The van der Waals surface area contributed by atoms with Crippen molar-refractivity contribution in [3.63, 3.8) is 0 Å². The summed E-state index contributed by atoms with van der Waals surface area (Å²) in [5.74, 6) is -0.569. The summed E-state index contributed by atoms with van der Waals surface area (Å²) in [6.07, 6.45) is 3.35. The monoisotopic (exact) mass is 230 g/mol. The van der Waals surface area contributed by atoms with E-state index in [0.717, 1.165) is 5.56 Å². The lowest BCUT2D eigenvalue weighted by molar-refractivity contribution is 0.624. The summed E-state index contributed by atoms with van der Waals surface area (Å²) in [5.41, 5.74) is 2.21. The molecule has 2 aromatic carbocycles. The number of aryl methyl sites for hydroxylation is 1. The van der Waals surface area contributed by atoms with Crippen molar-refractivity contribution < 1.29 is 8.78 Å². The van der Waals surface area contributed by atoms with Gasteiger partial charge in [0.25, 0.3) is 0 Å². The van der Waals surface area contributed by atoms with Crippen LogP contribution >= 0.6 is 0 Å². The van der Waals surface area contributed by atoms with Gasteiger partial charge in [0.2, 0.25) is 0 Å². The molecule has 2 heteroatoms. The highest BCUT2D eigenvalue weighted by molar-refractivity contribution is 5.70. The minimum absolute atomic E-state index is 0.275. The van der Waals surface area contributed by atoms with Crippen LogP contribution in [0.2, 0.25) is 0 Å². The van der Waals surface area contributed by atoms with Gasteiger partial charge >= 0.3 is 0 Å². The Morgan fingerprint density at radius 1 is 0.941 bits per heavy atom. The van der Waals surface area contributed by atoms with Gasteiger partial charge in [0.15, 0.2) is 0 Å². The topological polar surface area (TPSA) is 0 Å². The van der Waals surface area contributed by atoms with Crippen molar-refractivity contribution in [2.45, 2.75) is 6.92 Å². The Kier molecular flexibility index (Phi) is 3.33. The average Bonchev–Trinajstić information content (AvgIpc) is 2.30. The summed E-state index contributed by atoms with van der Waals surface area (Å²) in [7, 11) is 0. The molecular formula is C15H12F2. The Hall–Kier alpha value is -1.96. The maximum atomic E-state index is 13.4. The second-order valence-corrected chi connectivity index (χ2v) is 3.91. The standard InChI is InChI=1S/C15H12F2/c1-11-5-8-15(17)13(9-11)7-6-12-3-2-4-14(16)10-12/h2-10H,1H3/b7-6+. The van der Waals surface area contributed by atoms with Crippen LogP contribution in [-0.2, 0) is 0 Å². The van der Waals surface area contributed by atoms with Gasteiger partial charge in [-0.2, -0.15) is 0 Å². The Morgan fingerprint density at radius 2 is 1.76 bits per heavy atom. The Morgan fingerprint density at radius 3 is 2.53 bits per heavy atom. The van der Waals surface area contributed by atoms with Gasteiger partial charge in [-0.25, -0.2) is 8.78 Å². The third-order valence-corrected chi connectivity index (χ3v) is 2.46. The van der Waals surface area contributed by atoms with Crippen LogP contribution in [0.15, 0.2) is 42.5 Å². The highest BCUT2D eigenvalue weighted by atomic mass is 19.1. The molecule has 0 spiro atoms. The first kappa shape index (κ1) is 11.5. The molecule has 0 heterocycles. The molecule has 0 atom stereocenters. The predicted molar refractivity (Wildman–Crippen MR) is 66.5 cm³/mol. The Bertz CT molecular complexity index is 557. The van der Waals surface area contributed by atoms with E-state index < -0.39 is 0 Å². The minimum atomic E-state index is -0.295. The molecule has 0 amide bonds. The van der Waals surface area contributed by atoms with Crippen molar-refractivity contribution in [3.05, 3.63) is 70.8 Å². The van der Waals surface area contributed by atoms with Gasteiger partial charge in [-0.1, -0.05) is 35.9 Å². The van der Waals surface area contributed by atoms with Crippen LogP contribution < -0.4 is 0 Å². The van der Waals surface area contributed by atoms with Crippen molar-refractivity contribution in [3.8, 4) is 0 Å². The van der Waals surface area contributed by atoms with Crippen LogP contribution in [0, 0.1) is 18.6 Å². The van der Waals surface area contributed by atoms with E-state index in [2.05, 4.69) is 0 Å². The molecule has 2 rings (SSSR count). The zero-order valence-electron chi connectivity index (χ0n) is 9.45. The lowest BCUT2D eigenvalue weighted by Crippen LogP contribution is -1.83. The molecule has 0 nitrogen and oxygen atoms in total. The molecule has 86 valence electrons. The van der Waals surface area contributed by atoms with Crippen molar-refractivity contribution >= 4 is 12.2 Å². The molecule has 2 aromatic rings.